The topological polar surface area (TPSA) is 90.2 Å². The van der Waals surface area contributed by atoms with Crippen LogP contribution < -0.4 is 4.72 Å². The molecule has 0 saturated carbocycles. The number of hydrogen-bond acceptors (Lipinski definition) is 4. The molecule has 8 heteroatoms. The predicted molar refractivity (Wildman–Crippen MR) is 70.0 cm³/mol. The van der Waals surface area contributed by atoms with E-state index in [-0.39, 0.29) is 5.69 Å². The van der Waals surface area contributed by atoms with E-state index in [2.05, 4.69) is 0 Å². The number of hydrogen-bond donors (Lipinski definition) is 2. The number of benzene rings is 2. The first-order valence-corrected chi connectivity index (χ1v) is 7.03. The van der Waals surface area contributed by atoms with Crippen LogP contribution in [0.4, 0.5) is 14.5 Å². The van der Waals surface area contributed by atoms with Gasteiger partial charge in [-0.15, -0.1) is 0 Å². The Morgan fingerprint density at radius 1 is 1.19 bits per heavy atom. The van der Waals surface area contributed by atoms with Gasteiger partial charge in [0.1, 0.15) is 33.9 Å². The average molecular weight is 310 g/mol. The molecule has 2 rings (SSSR count). The van der Waals surface area contributed by atoms with Gasteiger partial charge in [-0.1, -0.05) is 6.07 Å². The van der Waals surface area contributed by atoms with Gasteiger partial charge in [-0.05, 0) is 24.3 Å². The van der Waals surface area contributed by atoms with E-state index in [1.165, 1.54) is 6.07 Å². The molecule has 0 spiro atoms. The number of sulfonamides is 1. The number of aromatic hydroxyl groups is 1. The summed E-state index contributed by atoms with van der Waals surface area (Å²) < 4.78 is 52.5. The van der Waals surface area contributed by atoms with E-state index in [4.69, 9.17) is 5.26 Å². The maximum absolute atomic E-state index is 13.4. The first-order chi connectivity index (χ1) is 9.85. The molecular formula is C13H8F2N2O3S. The Bertz CT molecular complexity index is 845. The quantitative estimate of drug-likeness (QED) is 0.851. The molecule has 21 heavy (non-hydrogen) atoms. The van der Waals surface area contributed by atoms with Crippen molar-refractivity contribution in [2.75, 3.05) is 4.72 Å². The second-order valence-corrected chi connectivity index (χ2v) is 5.64. The van der Waals surface area contributed by atoms with Gasteiger partial charge < -0.3 is 5.11 Å². The molecule has 0 unspecified atom stereocenters. The number of anilines is 1. The van der Waals surface area contributed by atoms with E-state index in [1.807, 2.05) is 4.72 Å². The van der Waals surface area contributed by atoms with Gasteiger partial charge in [-0.3, -0.25) is 4.72 Å². The summed E-state index contributed by atoms with van der Waals surface area (Å²) in [6.45, 7) is 0. The zero-order chi connectivity index (χ0) is 15.6. The normalized spacial score (nSPS) is 10.9. The summed E-state index contributed by atoms with van der Waals surface area (Å²) in [5.41, 5.74) is -0.934. The van der Waals surface area contributed by atoms with E-state index < -0.39 is 37.9 Å². The van der Waals surface area contributed by atoms with Gasteiger partial charge in [0.15, 0.2) is 0 Å². The monoisotopic (exact) mass is 310 g/mol. The molecule has 2 N–H and O–H groups in total. The molecule has 0 aliphatic rings. The van der Waals surface area contributed by atoms with Crippen molar-refractivity contribution < 1.29 is 22.3 Å². The summed E-state index contributed by atoms with van der Waals surface area (Å²) in [5, 5.41) is 18.3. The molecule has 0 heterocycles. The lowest BCUT2D eigenvalue weighted by Crippen LogP contribution is -2.15. The molecule has 0 radical (unpaired) electrons. The molecule has 2 aromatic carbocycles. The second-order valence-electron chi connectivity index (χ2n) is 3.99. The highest BCUT2D eigenvalue weighted by Crippen LogP contribution is 2.27. The van der Waals surface area contributed by atoms with Crippen molar-refractivity contribution in [3.63, 3.8) is 0 Å². The minimum absolute atomic E-state index is 0.287. The van der Waals surface area contributed by atoms with Crippen molar-refractivity contribution in [2.45, 2.75) is 4.90 Å². The standard InChI is InChI=1S/C13H8F2N2O3S/c14-8-4-5-11(12(18)6-8)17-21(19,20)13-3-1-2-10(15)9(13)7-16/h1-6,17-18H. The fourth-order valence-corrected chi connectivity index (χ4v) is 2.87. The lowest BCUT2D eigenvalue weighted by molar-refractivity contribution is 0.471. The van der Waals surface area contributed by atoms with E-state index in [9.17, 15) is 22.3 Å². The first kappa shape index (κ1) is 14.7. The van der Waals surface area contributed by atoms with Gasteiger partial charge in [-0.2, -0.15) is 5.26 Å². The van der Waals surface area contributed by atoms with Gasteiger partial charge in [0, 0.05) is 6.07 Å². The van der Waals surface area contributed by atoms with E-state index in [1.54, 1.807) is 0 Å². The average Bonchev–Trinajstić information content (AvgIpc) is 2.41. The van der Waals surface area contributed by atoms with E-state index >= 15 is 0 Å². The van der Waals surface area contributed by atoms with Crippen LogP contribution in [0.25, 0.3) is 0 Å². The van der Waals surface area contributed by atoms with Crippen LogP contribution >= 0.6 is 0 Å². The molecule has 0 aromatic heterocycles. The lowest BCUT2D eigenvalue weighted by atomic mass is 10.2. The first-order valence-electron chi connectivity index (χ1n) is 5.55. The third kappa shape index (κ3) is 2.93. The summed E-state index contributed by atoms with van der Waals surface area (Å²) in [4.78, 5) is -0.575. The Balaban J connectivity index is 2.49. The van der Waals surface area contributed by atoms with Crippen molar-refractivity contribution in [1.29, 1.82) is 5.26 Å². The highest BCUT2D eigenvalue weighted by atomic mass is 32.2. The summed E-state index contributed by atoms with van der Waals surface area (Å²) in [6, 6.07) is 7.26. The number of rotatable bonds is 3. The molecular weight excluding hydrogens is 302 g/mol. The third-order valence-electron chi connectivity index (χ3n) is 2.58. The van der Waals surface area contributed by atoms with Crippen LogP contribution in [-0.4, -0.2) is 13.5 Å². The zero-order valence-electron chi connectivity index (χ0n) is 10.3. The van der Waals surface area contributed by atoms with Gasteiger partial charge in [0.05, 0.1) is 5.69 Å². The molecule has 0 bridgehead atoms. The van der Waals surface area contributed by atoms with Crippen molar-refractivity contribution in [2.24, 2.45) is 0 Å². The summed E-state index contributed by atoms with van der Waals surface area (Å²) in [7, 11) is -4.31. The SMILES string of the molecule is N#Cc1c(F)cccc1S(=O)(=O)Nc1ccc(F)cc1O. The highest BCUT2D eigenvalue weighted by Gasteiger charge is 2.22. The molecule has 108 valence electrons. The molecule has 0 fully saturated rings. The minimum Gasteiger partial charge on any atom is -0.506 e. The van der Waals surface area contributed by atoms with Crippen LogP contribution in [0, 0.1) is 23.0 Å². The van der Waals surface area contributed by atoms with E-state index in [0.717, 1.165) is 30.3 Å². The Kier molecular flexibility index (Phi) is 3.78. The zero-order valence-corrected chi connectivity index (χ0v) is 11.2. The number of nitriles is 1. The smallest absolute Gasteiger partial charge is 0.263 e. The minimum atomic E-state index is -4.31. The maximum atomic E-state index is 13.4. The number of nitrogens with zero attached hydrogens (tertiary/aromatic N) is 1. The van der Waals surface area contributed by atoms with Crippen molar-refractivity contribution in [1.82, 2.24) is 0 Å². The number of phenolic OH excluding ortho intramolecular Hbond substituents is 1. The highest BCUT2D eigenvalue weighted by molar-refractivity contribution is 7.92. The number of phenols is 1. The summed E-state index contributed by atoms with van der Waals surface area (Å²) in [6.07, 6.45) is 0. The Morgan fingerprint density at radius 3 is 2.52 bits per heavy atom. The molecule has 0 saturated heterocycles. The van der Waals surface area contributed by atoms with Gasteiger partial charge in [0.25, 0.3) is 10.0 Å². The molecule has 0 aliphatic carbocycles. The van der Waals surface area contributed by atoms with Crippen LogP contribution in [0.15, 0.2) is 41.3 Å². The Morgan fingerprint density at radius 2 is 1.90 bits per heavy atom. The maximum Gasteiger partial charge on any atom is 0.263 e. The second kappa shape index (κ2) is 5.38. The van der Waals surface area contributed by atoms with Gasteiger partial charge in [-0.25, -0.2) is 17.2 Å². The van der Waals surface area contributed by atoms with Gasteiger partial charge >= 0.3 is 0 Å². The fourth-order valence-electron chi connectivity index (χ4n) is 1.63. The van der Waals surface area contributed by atoms with E-state index in [0.29, 0.717) is 6.07 Å². The largest absolute Gasteiger partial charge is 0.506 e. The Hall–Kier alpha value is -2.66. The van der Waals surface area contributed by atoms with Crippen molar-refractivity contribution in [3.05, 3.63) is 53.6 Å². The molecule has 2 aromatic rings. The fraction of sp³-hybridized carbons (Fsp3) is 0. The van der Waals surface area contributed by atoms with Crippen LogP contribution in [0.2, 0.25) is 0 Å². The van der Waals surface area contributed by atoms with Crippen molar-refractivity contribution in [3.8, 4) is 11.8 Å². The molecule has 0 atom stereocenters. The van der Waals surface area contributed by atoms with Gasteiger partial charge in [0.2, 0.25) is 0 Å². The van der Waals surface area contributed by atoms with Crippen LogP contribution in [0.5, 0.6) is 5.75 Å². The Labute approximate surface area is 119 Å². The molecule has 0 aliphatic heterocycles. The van der Waals surface area contributed by atoms with Crippen LogP contribution in [0.3, 0.4) is 0 Å². The molecule has 5 nitrogen and oxygen atoms in total. The number of nitrogens with one attached hydrogen (secondary N) is 1. The van der Waals surface area contributed by atoms with Crippen molar-refractivity contribution >= 4 is 15.7 Å². The third-order valence-corrected chi connectivity index (χ3v) is 3.99. The lowest BCUT2D eigenvalue weighted by Gasteiger charge is -2.11. The van der Waals surface area contributed by atoms with Crippen LogP contribution in [0.1, 0.15) is 5.56 Å². The summed E-state index contributed by atoms with van der Waals surface area (Å²) in [5.74, 6) is -2.36. The molecule has 0 amide bonds. The van der Waals surface area contributed by atoms with Crippen LogP contribution in [-0.2, 0) is 10.0 Å². The predicted octanol–water partition coefficient (Wildman–Crippen LogP) is 2.34. The summed E-state index contributed by atoms with van der Waals surface area (Å²) >= 11 is 0. The number of halogens is 2.